The molecule has 5 heteroatoms. The van der Waals surface area contributed by atoms with E-state index in [1.807, 2.05) is 0 Å². The summed E-state index contributed by atoms with van der Waals surface area (Å²) >= 11 is 3.58. The number of ether oxygens (including phenoxy) is 2. The molecule has 1 fully saturated rings. The van der Waals surface area contributed by atoms with Gasteiger partial charge in [-0.3, -0.25) is 0 Å². The van der Waals surface area contributed by atoms with E-state index in [0.29, 0.717) is 6.04 Å². The van der Waals surface area contributed by atoms with Crippen molar-refractivity contribution in [1.82, 2.24) is 5.32 Å². The molecule has 4 nitrogen and oxygen atoms in total. The number of benzene rings is 1. The summed E-state index contributed by atoms with van der Waals surface area (Å²) in [6.45, 7) is 6.92. The van der Waals surface area contributed by atoms with Gasteiger partial charge in [-0.2, -0.15) is 0 Å². The average Bonchev–Trinajstić information content (AvgIpc) is 2.88. The standard InChI is InChI=1S/C16H25BrN2O2/c1-11(2)18-8-12-5-6-13(17)7-14(12)19-9-15(20-3)16(10-19)21-4/h5-7,11,15-16,18H,8-10H2,1-4H3. The van der Waals surface area contributed by atoms with Crippen molar-refractivity contribution < 1.29 is 9.47 Å². The van der Waals surface area contributed by atoms with E-state index in [9.17, 15) is 0 Å². The highest BCUT2D eigenvalue weighted by molar-refractivity contribution is 9.10. The molecule has 1 aromatic rings. The van der Waals surface area contributed by atoms with Gasteiger partial charge in [0, 0.05) is 50.1 Å². The molecule has 0 aromatic heterocycles. The van der Waals surface area contributed by atoms with Crippen molar-refractivity contribution in [3.05, 3.63) is 28.2 Å². The molecular formula is C16H25BrN2O2. The fourth-order valence-electron chi connectivity index (χ4n) is 2.69. The van der Waals surface area contributed by atoms with Crippen molar-refractivity contribution in [1.29, 1.82) is 0 Å². The normalized spacial score (nSPS) is 22.3. The van der Waals surface area contributed by atoms with Crippen molar-refractivity contribution in [2.45, 2.75) is 38.6 Å². The first-order valence-electron chi connectivity index (χ1n) is 7.37. The first-order valence-corrected chi connectivity index (χ1v) is 8.16. The second-order valence-electron chi connectivity index (χ2n) is 5.76. The molecule has 2 atom stereocenters. The maximum absolute atomic E-state index is 5.54. The molecule has 21 heavy (non-hydrogen) atoms. The minimum absolute atomic E-state index is 0.125. The lowest BCUT2D eigenvalue weighted by Crippen LogP contribution is -2.27. The summed E-state index contributed by atoms with van der Waals surface area (Å²) in [5, 5.41) is 3.49. The first-order chi connectivity index (χ1) is 10.0. The quantitative estimate of drug-likeness (QED) is 0.849. The predicted octanol–water partition coefficient (Wildman–Crippen LogP) is 2.80. The Kier molecular flexibility index (Phi) is 6.05. The van der Waals surface area contributed by atoms with E-state index in [4.69, 9.17) is 9.47 Å². The van der Waals surface area contributed by atoms with E-state index in [0.717, 1.165) is 24.1 Å². The van der Waals surface area contributed by atoms with E-state index >= 15 is 0 Å². The van der Waals surface area contributed by atoms with Crippen LogP contribution < -0.4 is 10.2 Å². The minimum atomic E-state index is 0.125. The topological polar surface area (TPSA) is 33.7 Å². The fourth-order valence-corrected chi connectivity index (χ4v) is 3.04. The van der Waals surface area contributed by atoms with Crippen molar-refractivity contribution in [3.63, 3.8) is 0 Å². The fraction of sp³-hybridized carbons (Fsp3) is 0.625. The molecule has 1 heterocycles. The Morgan fingerprint density at radius 1 is 1.24 bits per heavy atom. The van der Waals surface area contributed by atoms with E-state index in [1.54, 1.807) is 14.2 Å². The van der Waals surface area contributed by atoms with Crippen molar-refractivity contribution in [3.8, 4) is 0 Å². The van der Waals surface area contributed by atoms with Crippen LogP contribution in [0.3, 0.4) is 0 Å². The molecule has 0 saturated carbocycles. The zero-order chi connectivity index (χ0) is 15.4. The van der Waals surface area contributed by atoms with Crippen LogP contribution in [-0.2, 0) is 16.0 Å². The lowest BCUT2D eigenvalue weighted by atomic mass is 10.1. The highest BCUT2D eigenvalue weighted by Gasteiger charge is 2.33. The maximum Gasteiger partial charge on any atom is 0.102 e. The summed E-state index contributed by atoms with van der Waals surface area (Å²) < 4.78 is 12.2. The van der Waals surface area contributed by atoms with Gasteiger partial charge in [0.2, 0.25) is 0 Å². The monoisotopic (exact) mass is 356 g/mol. The Labute approximate surface area is 135 Å². The number of nitrogens with one attached hydrogen (secondary N) is 1. The van der Waals surface area contributed by atoms with E-state index < -0.39 is 0 Å². The van der Waals surface area contributed by atoms with Gasteiger partial charge in [0.25, 0.3) is 0 Å². The van der Waals surface area contributed by atoms with Crippen molar-refractivity contribution in [2.24, 2.45) is 0 Å². The van der Waals surface area contributed by atoms with Crippen LogP contribution in [0.4, 0.5) is 5.69 Å². The summed E-state index contributed by atoms with van der Waals surface area (Å²) in [6, 6.07) is 6.93. The average molecular weight is 357 g/mol. The lowest BCUT2D eigenvalue weighted by Gasteiger charge is -2.23. The van der Waals surface area contributed by atoms with Crippen LogP contribution in [0.15, 0.2) is 22.7 Å². The molecule has 118 valence electrons. The molecule has 0 amide bonds. The second-order valence-corrected chi connectivity index (χ2v) is 6.68. The summed E-state index contributed by atoms with van der Waals surface area (Å²) in [5.41, 5.74) is 2.55. The molecular weight excluding hydrogens is 332 g/mol. The Morgan fingerprint density at radius 3 is 2.38 bits per heavy atom. The van der Waals surface area contributed by atoms with Crippen LogP contribution in [-0.4, -0.2) is 45.6 Å². The minimum Gasteiger partial charge on any atom is -0.377 e. The first kappa shape index (κ1) is 16.7. The maximum atomic E-state index is 5.54. The molecule has 2 rings (SSSR count). The van der Waals surface area contributed by atoms with Gasteiger partial charge >= 0.3 is 0 Å². The van der Waals surface area contributed by atoms with Gasteiger partial charge in [0.1, 0.15) is 12.2 Å². The number of halogens is 1. The molecule has 1 saturated heterocycles. The third-order valence-corrected chi connectivity index (χ3v) is 4.40. The van der Waals surface area contributed by atoms with Crippen LogP contribution in [0.1, 0.15) is 19.4 Å². The second kappa shape index (κ2) is 7.58. The third kappa shape index (κ3) is 4.19. The molecule has 1 N–H and O–H groups in total. The van der Waals surface area contributed by atoms with Crippen LogP contribution in [0.5, 0.6) is 0 Å². The Balaban J connectivity index is 2.20. The van der Waals surface area contributed by atoms with Gasteiger partial charge < -0.3 is 19.7 Å². The van der Waals surface area contributed by atoms with Gasteiger partial charge in [-0.05, 0) is 17.7 Å². The van der Waals surface area contributed by atoms with Crippen LogP contribution >= 0.6 is 15.9 Å². The summed E-state index contributed by atoms with van der Waals surface area (Å²) in [4.78, 5) is 2.35. The van der Waals surface area contributed by atoms with E-state index in [-0.39, 0.29) is 12.2 Å². The highest BCUT2D eigenvalue weighted by Crippen LogP contribution is 2.29. The van der Waals surface area contributed by atoms with Gasteiger partial charge in [0.15, 0.2) is 0 Å². The molecule has 2 unspecified atom stereocenters. The lowest BCUT2D eigenvalue weighted by molar-refractivity contribution is -0.00461. The molecule has 0 radical (unpaired) electrons. The Hall–Kier alpha value is -0.620. The third-order valence-electron chi connectivity index (χ3n) is 3.91. The van der Waals surface area contributed by atoms with Crippen LogP contribution in [0, 0.1) is 0 Å². The smallest absolute Gasteiger partial charge is 0.102 e. The number of rotatable bonds is 6. The molecule has 0 spiro atoms. The number of nitrogens with zero attached hydrogens (tertiary/aromatic N) is 1. The van der Waals surface area contributed by atoms with Gasteiger partial charge in [0.05, 0.1) is 0 Å². The molecule has 1 aromatic carbocycles. The largest absolute Gasteiger partial charge is 0.377 e. The molecule has 1 aliphatic rings. The van der Waals surface area contributed by atoms with E-state index in [2.05, 4.69) is 58.2 Å². The van der Waals surface area contributed by atoms with E-state index in [1.165, 1.54) is 11.3 Å². The van der Waals surface area contributed by atoms with Gasteiger partial charge in [-0.25, -0.2) is 0 Å². The van der Waals surface area contributed by atoms with Crippen LogP contribution in [0.25, 0.3) is 0 Å². The SMILES string of the molecule is COC1CN(c2cc(Br)ccc2CNC(C)C)CC1OC. The van der Waals surface area contributed by atoms with Gasteiger partial charge in [-0.15, -0.1) is 0 Å². The Bertz CT molecular complexity index is 456. The summed E-state index contributed by atoms with van der Waals surface area (Å²) in [5.74, 6) is 0. The number of methoxy groups -OCH3 is 2. The van der Waals surface area contributed by atoms with Crippen LogP contribution in [0.2, 0.25) is 0 Å². The number of anilines is 1. The highest BCUT2D eigenvalue weighted by atomic mass is 79.9. The number of hydrogen-bond donors (Lipinski definition) is 1. The van der Waals surface area contributed by atoms with Gasteiger partial charge in [-0.1, -0.05) is 35.8 Å². The molecule has 0 bridgehead atoms. The van der Waals surface area contributed by atoms with Crippen molar-refractivity contribution in [2.75, 3.05) is 32.2 Å². The summed E-state index contributed by atoms with van der Waals surface area (Å²) in [6.07, 6.45) is 0.250. The molecule has 0 aliphatic carbocycles. The Morgan fingerprint density at radius 2 is 1.86 bits per heavy atom. The zero-order valence-corrected chi connectivity index (χ0v) is 14.8. The van der Waals surface area contributed by atoms with Crippen molar-refractivity contribution >= 4 is 21.6 Å². The number of hydrogen-bond acceptors (Lipinski definition) is 4. The molecule has 1 aliphatic heterocycles. The zero-order valence-electron chi connectivity index (χ0n) is 13.2. The predicted molar refractivity (Wildman–Crippen MR) is 89.9 cm³/mol. The summed E-state index contributed by atoms with van der Waals surface area (Å²) in [7, 11) is 3.50.